The van der Waals surface area contributed by atoms with Crippen molar-refractivity contribution in [3.05, 3.63) is 83.0 Å². The fourth-order valence-electron chi connectivity index (χ4n) is 2.90. The zero-order valence-electron chi connectivity index (χ0n) is 14.6. The molecule has 1 N–H and O–H groups in total. The lowest BCUT2D eigenvalue weighted by Gasteiger charge is -2.35. The Hall–Kier alpha value is -2.36. The van der Waals surface area contributed by atoms with E-state index in [1.165, 1.54) is 0 Å². The van der Waals surface area contributed by atoms with Gasteiger partial charge in [0.25, 0.3) is 0 Å². The highest BCUT2D eigenvalue weighted by Gasteiger charge is 2.28. The van der Waals surface area contributed by atoms with Crippen molar-refractivity contribution in [3.63, 3.8) is 0 Å². The molecule has 0 saturated heterocycles. The van der Waals surface area contributed by atoms with Crippen molar-refractivity contribution in [1.29, 1.82) is 0 Å². The minimum Gasteiger partial charge on any atom is -0.361 e. The summed E-state index contributed by atoms with van der Waals surface area (Å²) in [6.07, 6.45) is 3.90. The third-order valence-electron chi connectivity index (χ3n) is 4.07. The topological polar surface area (TPSA) is 24.4 Å². The Kier molecular flexibility index (Phi) is 5.37. The van der Waals surface area contributed by atoms with Crippen LogP contribution < -0.4 is 5.32 Å². The molecule has 3 rings (SSSR count). The van der Waals surface area contributed by atoms with Crippen LogP contribution in [0, 0.1) is 0 Å². The standard InChI is InChI=1S/C21H23ClN3/c1-25(2)15-17(13-23-19-9-5-3-6-10-19)21(22)18(16-25)14-24-20-11-7-4-8-12-20/h3-14,23H,15-16H2,1-2H3/q+1/b17-13+,24-14+. The maximum atomic E-state index is 6.68. The van der Waals surface area contributed by atoms with Crippen molar-refractivity contribution in [3.8, 4) is 0 Å². The highest BCUT2D eigenvalue weighted by molar-refractivity contribution is 6.33. The molecule has 1 aliphatic heterocycles. The average molecular weight is 353 g/mol. The normalized spacial score (nSPS) is 18.8. The van der Waals surface area contributed by atoms with Crippen LogP contribution in [0.3, 0.4) is 0 Å². The van der Waals surface area contributed by atoms with Crippen LogP contribution in [0.2, 0.25) is 0 Å². The van der Waals surface area contributed by atoms with Gasteiger partial charge in [-0.3, -0.25) is 4.99 Å². The van der Waals surface area contributed by atoms with E-state index in [0.29, 0.717) is 0 Å². The van der Waals surface area contributed by atoms with Crippen molar-refractivity contribution in [2.75, 3.05) is 32.5 Å². The lowest BCUT2D eigenvalue weighted by Crippen LogP contribution is -2.46. The van der Waals surface area contributed by atoms with Gasteiger partial charge in [-0.25, -0.2) is 0 Å². The molecule has 0 amide bonds. The van der Waals surface area contributed by atoms with Gasteiger partial charge in [-0.05, 0) is 24.3 Å². The van der Waals surface area contributed by atoms with E-state index in [2.05, 4.69) is 24.4 Å². The Morgan fingerprint density at radius 2 is 1.60 bits per heavy atom. The van der Waals surface area contributed by atoms with Crippen LogP contribution in [0.25, 0.3) is 0 Å². The SMILES string of the molecule is C[N+]1(C)CC(/C=N/c2ccccc2)=C(Cl)C(=C/Nc2ccccc2)/C1. The molecule has 0 atom stereocenters. The van der Waals surface area contributed by atoms with E-state index in [1.807, 2.05) is 73.1 Å². The minimum absolute atomic E-state index is 0.792. The highest BCUT2D eigenvalue weighted by atomic mass is 35.5. The molecule has 3 nitrogen and oxygen atoms in total. The molecule has 0 spiro atoms. The number of para-hydroxylation sites is 2. The van der Waals surface area contributed by atoms with Gasteiger partial charge in [0.1, 0.15) is 13.1 Å². The number of benzene rings is 2. The number of likely N-dealkylation sites (N-methyl/N-ethyl adjacent to an activating group) is 1. The second kappa shape index (κ2) is 7.68. The Balaban J connectivity index is 1.86. The Labute approximate surface area is 154 Å². The van der Waals surface area contributed by atoms with Gasteiger partial charge in [0, 0.05) is 29.2 Å². The number of nitrogens with zero attached hydrogens (tertiary/aromatic N) is 2. The van der Waals surface area contributed by atoms with Gasteiger partial charge in [0.2, 0.25) is 0 Å². The number of rotatable bonds is 4. The van der Waals surface area contributed by atoms with Gasteiger partial charge >= 0.3 is 0 Å². The predicted octanol–water partition coefficient (Wildman–Crippen LogP) is 4.97. The number of quaternary nitrogens is 1. The highest BCUT2D eigenvalue weighted by Crippen LogP contribution is 2.28. The smallest absolute Gasteiger partial charge is 0.107 e. The first-order chi connectivity index (χ1) is 12.0. The summed E-state index contributed by atoms with van der Waals surface area (Å²) < 4.78 is 0.842. The zero-order chi connectivity index (χ0) is 17.7. The summed E-state index contributed by atoms with van der Waals surface area (Å²) in [6, 6.07) is 20.0. The summed E-state index contributed by atoms with van der Waals surface area (Å²) in [5.74, 6) is 0. The lowest BCUT2D eigenvalue weighted by atomic mass is 10.0. The quantitative estimate of drug-likeness (QED) is 0.610. The molecule has 0 unspecified atom stereocenters. The third kappa shape index (κ3) is 4.81. The fraction of sp³-hybridized carbons (Fsp3) is 0.190. The van der Waals surface area contributed by atoms with Gasteiger partial charge in [0.05, 0.1) is 24.8 Å². The summed E-state index contributed by atoms with van der Waals surface area (Å²) in [4.78, 5) is 4.57. The summed E-state index contributed by atoms with van der Waals surface area (Å²) in [5, 5.41) is 4.13. The second-order valence-corrected chi connectivity index (χ2v) is 7.24. The molecule has 4 heteroatoms. The van der Waals surface area contributed by atoms with E-state index < -0.39 is 0 Å². The van der Waals surface area contributed by atoms with E-state index in [9.17, 15) is 0 Å². The van der Waals surface area contributed by atoms with Gasteiger partial charge in [-0.2, -0.15) is 0 Å². The second-order valence-electron chi connectivity index (χ2n) is 6.86. The van der Waals surface area contributed by atoms with E-state index in [1.54, 1.807) is 0 Å². The molecule has 1 heterocycles. The molecule has 0 bridgehead atoms. The largest absolute Gasteiger partial charge is 0.361 e. The number of hydrogen-bond donors (Lipinski definition) is 1. The first-order valence-electron chi connectivity index (χ1n) is 8.34. The van der Waals surface area contributed by atoms with E-state index in [-0.39, 0.29) is 0 Å². The van der Waals surface area contributed by atoms with Gasteiger partial charge in [-0.1, -0.05) is 48.0 Å². The Morgan fingerprint density at radius 1 is 0.960 bits per heavy atom. The number of anilines is 1. The van der Waals surface area contributed by atoms with Crippen LogP contribution in [0.5, 0.6) is 0 Å². The van der Waals surface area contributed by atoms with Gasteiger partial charge < -0.3 is 9.80 Å². The van der Waals surface area contributed by atoms with Crippen molar-refractivity contribution in [2.24, 2.45) is 4.99 Å². The molecule has 2 aromatic rings. The predicted molar refractivity (Wildman–Crippen MR) is 107 cm³/mol. The van der Waals surface area contributed by atoms with Crippen LogP contribution in [0.4, 0.5) is 11.4 Å². The summed E-state index contributed by atoms with van der Waals surface area (Å²) in [6.45, 7) is 1.74. The molecule has 1 aliphatic rings. The van der Waals surface area contributed by atoms with Crippen LogP contribution in [-0.2, 0) is 0 Å². The summed E-state index contributed by atoms with van der Waals surface area (Å²) in [7, 11) is 4.41. The molecule has 0 saturated carbocycles. The monoisotopic (exact) mass is 352 g/mol. The third-order valence-corrected chi connectivity index (χ3v) is 4.56. The van der Waals surface area contributed by atoms with Gasteiger partial charge in [0.15, 0.2) is 0 Å². The first kappa shape index (κ1) is 17.5. The molecule has 0 aliphatic carbocycles. The molecule has 0 aromatic heterocycles. The molecule has 2 aromatic carbocycles. The zero-order valence-corrected chi connectivity index (χ0v) is 15.4. The lowest BCUT2D eigenvalue weighted by molar-refractivity contribution is -0.881. The molecule has 128 valence electrons. The number of hydrogen-bond acceptors (Lipinski definition) is 2. The summed E-state index contributed by atoms with van der Waals surface area (Å²) >= 11 is 6.68. The van der Waals surface area contributed by atoms with E-state index in [0.717, 1.165) is 45.1 Å². The van der Waals surface area contributed by atoms with E-state index in [4.69, 9.17) is 11.6 Å². The van der Waals surface area contributed by atoms with Crippen LogP contribution in [-0.4, -0.2) is 37.9 Å². The Bertz CT molecular complexity index is 806. The van der Waals surface area contributed by atoms with Crippen molar-refractivity contribution >= 4 is 29.2 Å². The maximum absolute atomic E-state index is 6.68. The van der Waals surface area contributed by atoms with Gasteiger partial charge in [-0.15, -0.1) is 0 Å². The first-order valence-corrected chi connectivity index (χ1v) is 8.72. The maximum Gasteiger partial charge on any atom is 0.107 e. The number of halogens is 1. The molecule has 0 radical (unpaired) electrons. The number of aliphatic imine (C=N–C) groups is 1. The number of nitrogens with one attached hydrogen (secondary N) is 1. The minimum atomic E-state index is 0.792. The summed E-state index contributed by atoms with van der Waals surface area (Å²) in [5.41, 5.74) is 4.14. The van der Waals surface area contributed by atoms with Crippen LogP contribution in [0.1, 0.15) is 0 Å². The van der Waals surface area contributed by atoms with Crippen LogP contribution >= 0.6 is 11.6 Å². The van der Waals surface area contributed by atoms with Crippen LogP contribution in [0.15, 0.2) is 88.0 Å². The molecular formula is C21H23ClN3+. The molecular weight excluding hydrogens is 330 g/mol. The fourth-order valence-corrected chi connectivity index (χ4v) is 3.12. The van der Waals surface area contributed by atoms with Crippen molar-refractivity contribution in [1.82, 2.24) is 0 Å². The van der Waals surface area contributed by atoms with Crippen molar-refractivity contribution in [2.45, 2.75) is 0 Å². The van der Waals surface area contributed by atoms with Crippen molar-refractivity contribution < 1.29 is 4.48 Å². The molecule has 0 fully saturated rings. The molecule has 25 heavy (non-hydrogen) atoms. The average Bonchev–Trinajstić information content (AvgIpc) is 2.62. The Morgan fingerprint density at radius 3 is 2.28 bits per heavy atom. The van der Waals surface area contributed by atoms with E-state index >= 15 is 0 Å².